The number of aromatic nitrogens is 2. The van der Waals surface area contributed by atoms with Gasteiger partial charge in [-0.3, -0.25) is 9.59 Å². The van der Waals surface area contributed by atoms with Gasteiger partial charge in [-0.05, 0) is 66.8 Å². The van der Waals surface area contributed by atoms with E-state index in [9.17, 15) is 9.59 Å². The summed E-state index contributed by atoms with van der Waals surface area (Å²) in [6.45, 7) is 7.61. The van der Waals surface area contributed by atoms with Crippen LogP contribution in [0.2, 0.25) is 0 Å². The first-order valence-electron chi connectivity index (χ1n) is 12.3. The Morgan fingerprint density at radius 1 is 1.20 bits per heavy atom. The molecule has 5 rings (SSSR count). The second-order valence-electron chi connectivity index (χ2n) is 10.4. The van der Waals surface area contributed by atoms with Crippen LogP contribution in [0.5, 0.6) is 0 Å². The molecule has 2 bridgehead atoms. The van der Waals surface area contributed by atoms with E-state index in [1.165, 1.54) is 5.56 Å². The molecule has 1 aromatic carbocycles. The topological polar surface area (TPSA) is 91.0 Å². The third kappa shape index (κ3) is 3.97. The van der Waals surface area contributed by atoms with Crippen molar-refractivity contribution in [1.29, 1.82) is 5.26 Å². The van der Waals surface area contributed by atoms with E-state index in [0.29, 0.717) is 34.6 Å². The van der Waals surface area contributed by atoms with Gasteiger partial charge in [0.05, 0.1) is 23.5 Å². The van der Waals surface area contributed by atoms with Gasteiger partial charge in [-0.1, -0.05) is 19.9 Å². The van der Waals surface area contributed by atoms with E-state index in [0.717, 1.165) is 42.5 Å². The molecule has 1 N–H and O–H groups in total. The maximum absolute atomic E-state index is 12.9. The van der Waals surface area contributed by atoms with Crippen molar-refractivity contribution in [3.63, 3.8) is 0 Å². The normalized spacial score (nSPS) is 21.4. The number of anilines is 1. The fourth-order valence-electron chi connectivity index (χ4n) is 6.12. The smallest absolute Gasteiger partial charge is 0.255 e. The fraction of sp³-hybridized carbons (Fsp3) is 0.429. The zero-order valence-electron chi connectivity index (χ0n) is 20.7. The molecule has 7 heteroatoms. The van der Waals surface area contributed by atoms with Gasteiger partial charge in [0.2, 0.25) is 5.91 Å². The zero-order valence-corrected chi connectivity index (χ0v) is 20.7. The number of likely N-dealkylation sites (tertiary alicyclic amines) is 1. The van der Waals surface area contributed by atoms with Gasteiger partial charge in [0, 0.05) is 43.2 Å². The zero-order chi connectivity index (χ0) is 24.9. The number of benzene rings is 1. The van der Waals surface area contributed by atoms with Gasteiger partial charge in [-0.25, -0.2) is 4.98 Å². The number of piperidine rings is 1. The fourth-order valence-corrected chi connectivity index (χ4v) is 6.12. The monoisotopic (exact) mass is 469 g/mol. The maximum Gasteiger partial charge on any atom is 0.255 e. The van der Waals surface area contributed by atoms with Gasteiger partial charge in [-0.2, -0.15) is 5.26 Å². The van der Waals surface area contributed by atoms with Crippen LogP contribution in [0.15, 0.2) is 36.7 Å². The Labute approximate surface area is 205 Å². The van der Waals surface area contributed by atoms with Crippen LogP contribution in [0, 0.1) is 36.0 Å². The summed E-state index contributed by atoms with van der Waals surface area (Å²) in [5.41, 5.74) is 4.75. The highest BCUT2D eigenvalue weighted by molar-refractivity contribution is 6.06. The van der Waals surface area contributed by atoms with Crippen molar-refractivity contribution < 1.29 is 9.59 Å². The molecule has 2 fully saturated rings. The Morgan fingerprint density at radius 3 is 2.57 bits per heavy atom. The van der Waals surface area contributed by atoms with Crippen molar-refractivity contribution in [3.05, 3.63) is 58.9 Å². The third-order valence-corrected chi connectivity index (χ3v) is 7.77. The lowest BCUT2D eigenvalue weighted by Crippen LogP contribution is -2.45. The van der Waals surface area contributed by atoms with Crippen molar-refractivity contribution >= 4 is 28.5 Å². The molecule has 3 atom stereocenters. The van der Waals surface area contributed by atoms with Crippen LogP contribution in [0.1, 0.15) is 59.7 Å². The second kappa shape index (κ2) is 8.84. The molecule has 2 aliphatic rings. The van der Waals surface area contributed by atoms with E-state index in [1.807, 2.05) is 27.8 Å². The molecule has 0 radical (unpaired) electrons. The number of hydrogen-bond acceptors (Lipinski definition) is 4. The molecule has 1 saturated carbocycles. The molecule has 1 saturated heterocycles. The van der Waals surface area contributed by atoms with Crippen LogP contribution in [-0.4, -0.2) is 39.4 Å². The van der Waals surface area contributed by atoms with E-state index in [-0.39, 0.29) is 17.7 Å². The molecule has 2 unspecified atom stereocenters. The third-order valence-electron chi connectivity index (χ3n) is 7.77. The summed E-state index contributed by atoms with van der Waals surface area (Å²) in [6, 6.07) is 8.77. The predicted molar refractivity (Wildman–Crippen MR) is 135 cm³/mol. The molecular weight excluding hydrogens is 438 g/mol. The van der Waals surface area contributed by atoms with Crippen molar-refractivity contribution in [1.82, 2.24) is 14.5 Å². The van der Waals surface area contributed by atoms with E-state index < -0.39 is 0 Å². The van der Waals surface area contributed by atoms with Gasteiger partial charge in [-0.15, -0.1) is 0 Å². The van der Waals surface area contributed by atoms with Crippen LogP contribution in [0.4, 0.5) is 5.69 Å². The summed E-state index contributed by atoms with van der Waals surface area (Å²) in [5.74, 6) is 1.27. The minimum absolute atomic E-state index is 0.0231. The van der Waals surface area contributed by atoms with Gasteiger partial charge in [0.1, 0.15) is 5.65 Å². The van der Waals surface area contributed by atoms with Crippen LogP contribution in [0.25, 0.3) is 11.0 Å². The molecule has 2 amide bonds. The van der Waals surface area contributed by atoms with Crippen LogP contribution >= 0.6 is 0 Å². The number of fused-ring (bicyclic) bond motifs is 3. The quantitative estimate of drug-likeness (QED) is 0.604. The van der Waals surface area contributed by atoms with Crippen LogP contribution in [-0.2, 0) is 11.8 Å². The molecule has 7 nitrogen and oxygen atoms in total. The lowest BCUT2D eigenvalue weighted by molar-refractivity contribution is -0.136. The Kier molecular flexibility index (Phi) is 5.84. The Morgan fingerprint density at radius 2 is 1.91 bits per heavy atom. The summed E-state index contributed by atoms with van der Waals surface area (Å²) >= 11 is 0. The molecule has 1 aliphatic heterocycles. The summed E-state index contributed by atoms with van der Waals surface area (Å²) in [6.07, 6.45) is 6.17. The Balaban J connectivity index is 1.48. The number of rotatable bonds is 4. The maximum atomic E-state index is 12.9. The lowest BCUT2D eigenvalue weighted by atomic mass is 9.79. The second-order valence-corrected chi connectivity index (χ2v) is 10.4. The highest BCUT2D eigenvalue weighted by Gasteiger charge is 2.45. The number of nitrogens with zero attached hydrogens (tertiary/aromatic N) is 4. The molecule has 2 aromatic heterocycles. The molecular formula is C28H31N5O2. The van der Waals surface area contributed by atoms with E-state index >= 15 is 0 Å². The number of pyridine rings is 1. The van der Waals surface area contributed by atoms with Crippen molar-refractivity contribution in [2.75, 3.05) is 18.4 Å². The molecule has 3 aromatic rings. The first-order chi connectivity index (χ1) is 16.8. The number of hydrogen-bond donors (Lipinski definition) is 1. The van der Waals surface area contributed by atoms with Gasteiger partial charge in [0.25, 0.3) is 5.91 Å². The summed E-state index contributed by atoms with van der Waals surface area (Å²) in [7, 11) is 2.02. The summed E-state index contributed by atoms with van der Waals surface area (Å²) in [5, 5.41) is 13.3. The largest absolute Gasteiger partial charge is 0.342 e. The van der Waals surface area contributed by atoms with Crippen LogP contribution < -0.4 is 5.32 Å². The number of aryl methyl sites for hydroxylation is 2. The highest BCUT2D eigenvalue weighted by atomic mass is 16.2. The lowest BCUT2D eigenvalue weighted by Gasteiger charge is -2.39. The van der Waals surface area contributed by atoms with E-state index in [1.54, 1.807) is 30.5 Å². The average molecular weight is 470 g/mol. The predicted octanol–water partition coefficient (Wildman–Crippen LogP) is 4.61. The van der Waals surface area contributed by atoms with E-state index in [4.69, 9.17) is 10.2 Å². The van der Waals surface area contributed by atoms with Crippen molar-refractivity contribution in [3.8, 4) is 6.07 Å². The van der Waals surface area contributed by atoms with Gasteiger partial charge >= 0.3 is 0 Å². The number of carbonyl (C=O) groups excluding carboxylic acids is 2. The Bertz CT molecular complexity index is 1350. The molecule has 3 heterocycles. The molecule has 35 heavy (non-hydrogen) atoms. The standard InChI is InChI=1S/C28H31N5O2/c1-16(2)28(35)33-13-20-8-9-21(14-33)25(20)22-15-32(4)26-24(22)17(3)23(12-30-26)31-27(34)19-7-5-6-18(10-19)11-29/h5-7,10,12,15-16,20-21,25H,8-9,13-14H2,1-4H3,(H,31,34)/t20-,21?,25?/m1/s1. The number of nitrogens with one attached hydrogen (secondary N) is 1. The number of amides is 2. The van der Waals surface area contributed by atoms with Crippen LogP contribution in [0.3, 0.4) is 0 Å². The number of nitriles is 1. The average Bonchev–Trinajstić information content (AvgIpc) is 3.32. The molecule has 1 aliphatic carbocycles. The number of carbonyl (C=O) groups is 2. The minimum Gasteiger partial charge on any atom is -0.342 e. The minimum atomic E-state index is -0.260. The summed E-state index contributed by atoms with van der Waals surface area (Å²) < 4.78 is 2.07. The molecule has 0 spiro atoms. The van der Waals surface area contributed by atoms with Crippen molar-refractivity contribution in [2.24, 2.45) is 24.8 Å². The van der Waals surface area contributed by atoms with Gasteiger partial charge < -0.3 is 14.8 Å². The first-order valence-corrected chi connectivity index (χ1v) is 12.3. The Hall–Kier alpha value is -3.66. The highest BCUT2D eigenvalue weighted by Crippen LogP contribution is 2.50. The first kappa shape index (κ1) is 23.1. The van der Waals surface area contributed by atoms with Crippen molar-refractivity contribution in [2.45, 2.75) is 39.5 Å². The summed E-state index contributed by atoms with van der Waals surface area (Å²) in [4.78, 5) is 32.4. The van der Waals surface area contributed by atoms with E-state index in [2.05, 4.69) is 27.0 Å². The van der Waals surface area contributed by atoms with Gasteiger partial charge in [0.15, 0.2) is 0 Å². The molecule has 180 valence electrons. The SMILES string of the molecule is Cc1c(NC(=O)c2cccc(C#N)c2)cnc2c1c(C1C3CC[C@@H]1CN(C(=O)C(C)C)C3)cn2C.